The van der Waals surface area contributed by atoms with E-state index in [0.717, 1.165) is 28.9 Å². The van der Waals surface area contributed by atoms with Crippen LogP contribution in [-0.4, -0.2) is 32.4 Å². The summed E-state index contributed by atoms with van der Waals surface area (Å²) >= 11 is 0. The maximum absolute atomic E-state index is 13.1. The number of amides is 1. The van der Waals surface area contributed by atoms with E-state index in [1.807, 2.05) is 0 Å². The topological polar surface area (TPSA) is 105 Å². The molecule has 0 saturated carbocycles. The highest BCUT2D eigenvalue weighted by Crippen LogP contribution is 2.20. The molecule has 0 fully saturated rings. The van der Waals surface area contributed by atoms with Crippen molar-refractivity contribution >= 4 is 11.7 Å². The second-order valence-corrected chi connectivity index (χ2v) is 5.86. The van der Waals surface area contributed by atoms with Crippen LogP contribution in [0.5, 0.6) is 0 Å². The summed E-state index contributed by atoms with van der Waals surface area (Å²) < 4.78 is 14.1. The summed E-state index contributed by atoms with van der Waals surface area (Å²) in [7, 11) is 0. The van der Waals surface area contributed by atoms with Crippen molar-refractivity contribution in [3.63, 3.8) is 0 Å². The van der Waals surface area contributed by atoms with Crippen LogP contribution in [0.1, 0.15) is 21.7 Å². The third-order valence-electron chi connectivity index (χ3n) is 4.14. The van der Waals surface area contributed by atoms with Crippen LogP contribution in [0.15, 0.2) is 41.2 Å². The molecule has 3 aromatic rings. The van der Waals surface area contributed by atoms with Crippen molar-refractivity contribution in [3.8, 4) is 5.69 Å². The van der Waals surface area contributed by atoms with Crippen molar-refractivity contribution < 1.29 is 9.18 Å². The summed E-state index contributed by atoms with van der Waals surface area (Å²) in [5.74, 6) is -0.466. The summed E-state index contributed by atoms with van der Waals surface area (Å²) in [5.41, 5.74) is 1.90. The molecule has 9 heteroatoms. The van der Waals surface area contributed by atoms with Crippen LogP contribution in [0.25, 0.3) is 5.69 Å². The maximum Gasteiger partial charge on any atom is 0.277 e. The maximum atomic E-state index is 13.1. The first-order valence-corrected chi connectivity index (χ1v) is 8.06. The number of hydrogen-bond donors (Lipinski definition) is 3. The lowest BCUT2D eigenvalue weighted by molar-refractivity contribution is 0.102. The Labute approximate surface area is 147 Å². The lowest BCUT2D eigenvalue weighted by atomic mass is 10.1. The van der Waals surface area contributed by atoms with E-state index in [1.165, 1.54) is 36.4 Å². The average molecular weight is 354 g/mol. The minimum atomic E-state index is -0.485. The summed E-state index contributed by atoms with van der Waals surface area (Å²) in [4.78, 5) is 24.6. The number of carbonyl (C=O) groups excluding carboxylic acids is 1. The van der Waals surface area contributed by atoms with E-state index in [0.29, 0.717) is 18.1 Å². The van der Waals surface area contributed by atoms with Crippen molar-refractivity contribution in [3.05, 3.63) is 69.5 Å². The van der Waals surface area contributed by atoms with Gasteiger partial charge in [0.25, 0.3) is 11.5 Å². The second kappa shape index (κ2) is 6.52. The fourth-order valence-corrected chi connectivity index (χ4v) is 2.80. The van der Waals surface area contributed by atoms with Crippen LogP contribution in [0.2, 0.25) is 0 Å². The van der Waals surface area contributed by atoms with Gasteiger partial charge in [-0.25, -0.2) is 4.39 Å². The number of halogens is 1. The summed E-state index contributed by atoms with van der Waals surface area (Å²) in [6.45, 7) is 1.47. The minimum absolute atomic E-state index is 0.0504. The molecule has 2 aromatic heterocycles. The Hall–Kier alpha value is -3.33. The average Bonchev–Trinajstić information content (AvgIpc) is 3.06. The molecule has 1 amide bonds. The van der Waals surface area contributed by atoms with Gasteiger partial charge in [-0.2, -0.15) is 14.9 Å². The Bertz CT molecular complexity index is 1020. The predicted molar refractivity (Wildman–Crippen MR) is 91.7 cm³/mol. The van der Waals surface area contributed by atoms with Gasteiger partial charge in [-0.15, -0.1) is 0 Å². The van der Waals surface area contributed by atoms with Gasteiger partial charge >= 0.3 is 0 Å². The van der Waals surface area contributed by atoms with E-state index >= 15 is 0 Å². The number of rotatable bonds is 3. The molecule has 8 nitrogen and oxygen atoms in total. The van der Waals surface area contributed by atoms with E-state index in [2.05, 4.69) is 25.9 Å². The van der Waals surface area contributed by atoms with E-state index < -0.39 is 17.3 Å². The molecule has 0 radical (unpaired) electrons. The van der Waals surface area contributed by atoms with Crippen LogP contribution >= 0.6 is 0 Å². The van der Waals surface area contributed by atoms with Crippen LogP contribution < -0.4 is 16.2 Å². The van der Waals surface area contributed by atoms with Gasteiger partial charge in [-0.3, -0.25) is 14.7 Å². The smallest absolute Gasteiger partial charge is 0.277 e. The molecule has 0 spiro atoms. The molecule has 132 valence electrons. The fraction of sp³-hybridized carbons (Fsp3) is 0.176. The molecule has 1 aromatic carbocycles. The molecule has 0 atom stereocenters. The first-order valence-electron chi connectivity index (χ1n) is 8.06. The number of aromatic amines is 1. The number of hydrogen-bond acceptors (Lipinski definition) is 5. The van der Waals surface area contributed by atoms with Crippen molar-refractivity contribution in [1.29, 1.82) is 0 Å². The van der Waals surface area contributed by atoms with Crippen molar-refractivity contribution in [2.45, 2.75) is 13.0 Å². The fourth-order valence-electron chi connectivity index (χ4n) is 2.80. The van der Waals surface area contributed by atoms with E-state index in [4.69, 9.17) is 0 Å². The molecule has 1 aliphatic rings. The van der Waals surface area contributed by atoms with Crippen molar-refractivity contribution in [1.82, 2.24) is 25.3 Å². The van der Waals surface area contributed by atoms with E-state index in [-0.39, 0.29) is 5.69 Å². The van der Waals surface area contributed by atoms with Crippen molar-refractivity contribution in [2.24, 2.45) is 0 Å². The first-order chi connectivity index (χ1) is 12.6. The van der Waals surface area contributed by atoms with Gasteiger partial charge in [0.15, 0.2) is 5.82 Å². The number of fused-ring (bicyclic) bond motifs is 1. The SMILES string of the molecule is O=C(Nc1n[nH]c2c1CNCC2)c1ccc(=O)n(-c2ccc(F)cc2)n1. The monoisotopic (exact) mass is 354 g/mol. The normalized spacial score (nSPS) is 13.3. The zero-order chi connectivity index (χ0) is 18.1. The van der Waals surface area contributed by atoms with Gasteiger partial charge in [0.05, 0.1) is 5.69 Å². The third kappa shape index (κ3) is 3.00. The quantitative estimate of drug-likeness (QED) is 0.651. The molecular formula is C17H15FN6O2. The van der Waals surface area contributed by atoms with Gasteiger partial charge in [-0.05, 0) is 30.3 Å². The second-order valence-electron chi connectivity index (χ2n) is 5.86. The number of anilines is 1. The van der Waals surface area contributed by atoms with Crippen LogP contribution in [0.4, 0.5) is 10.2 Å². The minimum Gasteiger partial charge on any atom is -0.312 e. The molecule has 1 aliphatic heterocycles. The Kier molecular flexibility index (Phi) is 4.05. The highest BCUT2D eigenvalue weighted by molar-refractivity contribution is 6.02. The molecule has 0 unspecified atom stereocenters. The van der Waals surface area contributed by atoms with Gasteiger partial charge in [-0.1, -0.05) is 0 Å². The summed E-state index contributed by atoms with van der Waals surface area (Å²) in [6.07, 6.45) is 0.811. The number of nitrogens with one attached hydrogen (secondary N) is 3. The number of carbonyl (C=O) groups is 1. The first kappa shape index (κ1) is 16.2. The number of nitrogens with zero attached hydrogens (tertiary/aromatic N) is 3. The highest BCUT2D eigenvalue weighted by Gasteiger charge is 2.19. The molecule has 3 N–H and O–H groups in total. The Morgan fingerprint density at radius 1 is 1.19 bits per heavy atom. The lowest BCUT2D eigenvalue weighted by Crippen LogP contribution is -2.26. The molecule has 0 aliphatic carbocycles. The van der Waals surface area contributed by atoms with Gasteiger partial charge in [0, 0.05) is 36.8 Å². The Balaban J connectivity index is 1.62. The molecule has 4 rings (SSSR count). The molecule has 26 heavy (non-hydrogen) atoms. The lowest BCUT2D eigenvalue weighted by Gasteiger charge is -2.13. The molecule has 0 bridgehead atoms. The Morgan fingerprint density at radius 2 is 2.00 bits per heavy atom. The number of H-pyrrole nitrogens is 1. The van der Waals surface area contributed by atoms with Crippen molar-refractivity contribution in [2.75, 3.05) is 11.9 Å². The standard InChI is InChI=1S/C17H15FN6O2/c18-10-1-3-11(4-2-10)24-15(25)6-5-14(23-24)17(26)20-16-12-9-19-8-7-13(12)21-22-16/h1-6,19H,7-9H2,(H2,20,21,22,26). The number of aromatic nitrogens is 4. The van der Waals surface area contributed by atoms with E-state index in [9.17, 15) is 14.0 Å². The third-order valence-corrected chi connectivity index (χ3v) is 4.14. The van der Waals surface area contributed by atoms with Crippen LogP contribution in [-0.2, 0) is 13.0 Å². The Morgan fingerprint density at radius 3 is 2.81 bits per heavy atom. The zero-order valence-electron chi connectivity index (χ0n) is 13.6. The highest BCUT2D eigenvalue weighted by atomic mass is 19.1. The van der Waals surface area contributed by atoms with Gasteiger partial charge < -0.3 is 10.6 Å². The zero-order valence-corrected chi connectivity index (χ0v) is 13.6. The van der Waals surface area contributed by atoms with Crippen LogP contribution in [0.3, 0.4) is 0 Å². The van der Waals surface area contributed by atoms with Gasteiger partial charge in [0.1, 0.15) is 11.5 Å². The summed E-state index contributed by atoms with van der Waals surface area (Å²) in [6, 6.07) is 7.86. The number of benzene rings is 1. The molecule has 3 heterocycles. The van der Waals surface area contributed by atoms with E-state index in [1.54, 1.807) is 0 Å². The molecular weight excluding hydrogens is 339 g/mol. The summed E-state index contributed by atoms with van der Waals surface area (Å²) in [5, 5.41) is 17.1. The largest absolute Gasteiger partial charge is 0.312 e. The predicted octanol–water partition coefficient (Wildman–Crippen LogP) is 0.993. The van der Waals surface area contributed by atoms with Gasteiger partial charge in [0.2, 0.25) is 0 Å². The molecule has 0 saturated heterocycles. The van der Waals surface area contributed by atoms with Crippen LogP contribution in [0, 0.1) is 5.82 Å².